The molecule has 0 aliphatic carbocycles. The predicted molar refractivity (Wildman–Crippen MR) is 141 cm³/mol. The Labute approximate surface area is 222 Å². The summed E-state index contributed by atoms with van der Waals surface area (Å²) in [5.74, 6) is 0.834. The van der Waals surface area contributed by atoms with Gasteiger partial charge in [-0.3, -0.25) is 4.90 Å². The van der Waals surface area contributed by atoms with Gasteiger partial charge in [0, 0.05) is 37.8 Å². The molecule has 0 saturated carbocycles. The highest BCUT2D eigenvalue weighted by Crippen LogP contribution is 2.39. The molecule has 39 heavy (non-hydrogen) atoms. The minimum Gasteiger partial charge on any atom is -0.435 e. The van der Waals surface area contributed by atoms with Gasteiger partial charge in [0.1, 0.15) is 17.4 Å². The van der Waals surface area contributed by atoms with Crippen LogP contribution in [0.25, 0.3) is 45.1 Å². The quantitative estimate of drug-likeness (QED) is 0.268. The molecule has 0 spiro atoms. The second-order valence-electron chi connectivity index (χ2n) is 9.82. The molecule has 2 aromatic heterocycles. The summed E-state index contributed by atoms with van der Waals surface area (Å²) >= 11 is 0. The Kier molecular flexibility index (Phi) is 6.44. The van der Waals surface area contributed by atoms with Crippen molar-refractivity contribution in [2.75, 3.05) is 19.7 Å². The molecule has 0 radical (unpaired) electrons. The molecule has 1 saturated heterocycles. The molecule has 10 heteroatoms. The molecule has 0 N–H and O–H groups in total. The van der Waals surface area contributed by atoms with Gasteiger partial charge in [0.2, 0.25) is 5.89 Å². The Morgan fingerprint density at radius 1 is 1.00 bits per heavy atom. The Hall–Kier alpha value is -4.02. The van der Waals surface area contributed by atoms with Gasteiger partial charge in [0.25, 0.3) is 0 Å². The molecule has 3 heterocycles. The lowest BCUT2D eigenvalue weighted by Gasteiger charge is -2.31. The SMILES string of the molecule is C[C@@H]1CN(Cc2cc(C(F)(F)F)c3oc(-c4cccc(-c5ccccc5-c5nncn5C)c4)nc3c2)CCO1. The van der Waals surface area contributed by atoms with Crippen molar-refractivity contribution in [3.63, 3.8) is 0 Å². The Morgan fingerprint density at radius 3 is 2.54 bits per heavy atom. The molecular formula is C29H26F3N5O2. The average molecular weight is 534 g/mol. The van der Waals surface area contributed by atoms with Gasteiger partial charge >= 0.3 is 6.18 Å². The zero-order valence-corrected chi connectivity index (χ0v) is 21.4. The van der Waals surface area contributed by atoms with Gasteiger partial charge in [-0.1, -0.05) is 36.4 Å². The standard InChI is InChI=1S/C29H26F3N5O2/c1-18-15-37(10-11-38-18)16-19-12-24(29(30,31)32)26-25(13-19)34-28(39-26)21-7-5-6-20(14-21)22-8-3-4-9-23(22)27-35-33-17-36(27)2/h3-9,12-14,17-18H,10-11,15-16H2,1-2H3/t18-/m1/s1. The number of morpholine rings is 1. The monoisotopic (exact) mass is 533 g/mol. The first-order valence-corrected chi connectivity index (χ1v) is 12.6. The summed E-state index contributed by atoms with van der Waals surface area (Å²) in [7, 11) is 1.87. The molecule has 0 bridgehead atoms. The highest BCUT2D eigenvalue weighted by molar-refractivity contribution is 5.84. The first-order chi connectivity index (χ1) is 18.8. The van der Waals surface area contributed by atoms with Gasteiger partial charge in [-0.25, -0.2) is 4.98 Å². The fourth-order valence-electron chi connectivity index (χ4n) is 5.09. The summed E-state index contributed by atoms with van der Waals surface area (Å²) in [4.78, 5) is 6.60. The predicted octanol–water partition coefficient (Wildman–Crippen LogP) is 6.20. The van der Waals surface area contributed by atoms with Gasteiger partial charge in [-0.2, -0.15) is 13.2 Å². The molecule has 0 amide bonds. The lowest BCUT2D eigenvalue weighted by molar-refractivity contribution is -0.136. The molecule has 1 aliphatic rings. The lowest BCUT2D eigenvalue weighted by Crippen LogP contribution is -2.40. The van der Waals surface area contributed by atoms with Crippen LogP contribution in [0.3, 0.4) is 0 Å². The van der Waals surface area contributed by atoms with E-state index < -0.39 is 11.7 Å². The third-order valence-corrected chi connectivity index (χ3v) is 6.89. The van der Waals surface area contributed by atoms with Gasteiger partial charge in [0.15, 0.2) is 11.4 Å². The summed E-state index contributed by atoms with van der Waals surface area (Å²) < 4.78 is 55.5. The van der Waals surface area contributed by atoms with Gasteiger partial charge < -0.3 is 13.7 Å². The number of ether oxygens (including phenoxy) is 1. The van der Waals surface area contributed by atoms with Crippen LogP contribution in [-0.2, 0) is 24.5 Å². The number of rotatable bonds is 5. The molecule has 3 aromatic carbocycles. The smallest absolute Gasteiger partial charge is 0.420 e. The van der Waals surface area contributed by atoms with Gasteiger partial charge in [-0.15, -0.1) is 10.2 Å². The minimum absolute atomic E-state index is 0.0364. The highest BCUT2D eigenvalue weighted by Gasteiger charge is 2.36. The Balaban J connectivity index is 1.40. The Morgan fingerprint density at radius 2 is 1.79 bits per heavy atom. The van der Waals surface area contributed by atoms with Crippen molar-refractivity contribution in [3.8, 4) is 34.0 Å². The van der Waals surface area contributed by atoms with E-state index in [0.29, 0.717) is 43.2 Å². The fraction of sp³-hybridized carbons (Fsp3) is 0.276. The maximum Gasteiger partial charge on any atom is 0.420 e. The number of alkyl halides is 3. The molecular weight excluding hydrogens is 507 g/mol. The van der Waals surface area contributed by atoms with Crippen LogP contribution in [0.1, 0.15) is 18.1 Å². The highest BCUT2D eigenvalue weighted by atomic mass is 19.4. The average Bonchev–Trinajstić information content (AvgIpc) is 3.54. The molecule has 7 nitrogen and oxygen atoms in total. The topological polar surface area (TPSA) is 69.2 Å². The maximum absolute atomic E-state index is 14.1. The summed E-state index contributed by atoms with van der Waals surface area (Å²) in [5, 5.41) is 8.22. The number of hydrogen-bond acceptors (Lipinski definition) is 6. The number of oxazole rings is 1. The number of nitrogens with zero attached hydrogens (tertiary/aromatic N) is 5. The van der Waals surface area contributed by atoms with Crippen molar-refractivity contribution in [1.29, 1.82) is 0 Å². The van der Waals surface area contributed by atoms with Crippen LogP contribution >= 0.6 is 0 Å². The molecule has 1 aliphatic heterocycles. The van der Waals surface area contributed by atoms with Crippen LogP contribution in [0.4, 0.5) is 13.2 Å². The second-order valence-corrected chi connectivity index (χ2v) is 9.82. The van der Waals surface area contributed by atoms with E-state index in [1.807, 2.05) is 61.0 Å². The number of halogens is 3. The van der Waals surface area contributed by atoms with E-state index in [4.69, 9.17) is 9.15 Å². The molecule has 0 unspecified atom stereocenters. The maximum atomic E-state index is 14.1. The number of benzene rings is 3. The van der Waals surface area contributed by atoms with E-state index in [2.05, 4.69) is 20.1 Å². The van der Waals surface area contributed by atoms with Gasteiger partial charge in [0.05, 0.1) is 12.7 Å². The van der Waals surface area contributed by atoms with Crippen LogP contribution < -0.4 is 0 Å². The number of fused-ring (bicyclic) bond motifs is 1. The van der Waals surface area contributed by atoms with Crippen LogP contribution in [0.5, 0.6) is 0 Å². The Bertz CT molecular complexity index is 1640. The van der Waals surface area contributed by atoms with E-state index in [9.17, 15) is 13.2 Å². The summed E-state index contributed by atoms with van der Waals surface area (Å²) in [6, 6.07) is 18.0. The zero-order chi connectivity index (χ0) is 27.1. The molecule has 1 atom stereocenters. The largest absolute Gasteiger partial charge is 0.435 e. The van der Waals surface area contributed by atoms with Crippen LogP contribution in [0.2, 0.25) is 0 Å². The summed E-state index contributed by atoms with van der Waals surface area (Å²) in [5.41, 5.74) is 2.86. The van der Waals surface area contributed by atoms with E-state index in [1.165, 1.54) is 6.07 Å². The van der Waals surface area contributed by atoms with Crippen molar-refractivity contribution in [1.82, 2.24) is 24.6 Å². The van der Waals surface area contributed by atoms with Crippen molar-refractivity contribution in [2.45, 2.75) is 25.7 Å². The summed E-state index contributed by atoms with van der Waals surface area (Å²) in [6.45, 7) is 4.21. The molecule has 5 aromatic rings. The van der Waals surface area contributed by atoms with Crippen molar-refractivity contribution >= 4 is 11.1 Å². The first-order valence-electron chi connectivity index (χ1n) is 12.6. The lowest BCUT2D eigenvalue weighted by atomic mass is 9.97. The minimum atomic E-state index is -4.58. The van der Waals surface area contributed by atoms with Gasteiger partial charge in [-0.05, 0) is 47.9 Å². The zero-order valence-electron chi connectivity index (χ0n) is 21.4. The second kappa shape index (κ2) is 9.94. The molecule has 200 valence electrons. The number of aromatic nitrogens is 4. The van der Waals surface area contributed by atoms with Crippen LogP contribution in [-0.4, -0.2) is 50.4 Å². The fourth-order valence-corrected chi connectivity index (χ4v) is 5.09. The summed E-state index contributed by atoms with van der Waals surface area (Å²) in [6.07, 6.45) is -2.91. The van der Waals surface area contributed by atoms with Crippen LogP contribution in [0.15, 0.2) is 71.4 Å². The number of aryl methyl sites for hydroxylation is 1. The van der Waals surface area contributed by atoms with Crippen molar-refractivity contribution < 1.29 is 22.3 Å². The third-order valence-electron chi connectivity index (χ3n) is 6.89. The normalized spacial score (nSPS) is 16.7. The first kappa shape index (κ1) is 25.3. The van der Waals surface area contributed by atoms with E-state index in [-0.39, 0.29) is 23.1 Å². The molecule has 1 fully saturated rings. The molecule has 6 rings (SSSR count). The van der Waals surface area contributed by atoms with Crippen molar-refractivity contribution in [2.24, 2.45) is 7.05 Å². The third kappa shape index (κ3) is 5.05. The van der Waals surface area contributed by atoms with E-state index in [1.54, 1.807) is 18.5 Å². The van der Waals surface area contributed by atoms with Crippen LogP contribution in [0, 0.1) is 0 Å². The number of hydrogen-bond donors (Lipinski definition) is 0. The van der Waals surface area contributed by atoms with E-state index >= 15 is 0 Å². The van der Waals surface area contributed by atoms with Crippen molar-refractivity contribution in [3.05, 3.63) is 78.1 Å². The van der Waals surface area contributed by atoms with E-state index in [0.717, 1.165) is 16.7 Å².